The highest BCUT2D eigenvalue weighted by atomic mass is 32.1. The molecular formula is C20H23N5OS. The van der Waals surface area contributed by atoms with Crippen molar-refractivity contribution in [3.63, 3.8) is 0 Å². The molecule has 0 bridgehead atoms. The van der Waals surface area contributed by atoms with Gasteiger partial charge in [0.2, 0.25) is 5.91 Å². The fourth-order valence-corrected chi connectivity index (χ4v) is 4.86. The monoisotopic (exact) mass is 381 g/mol. The molecule has 2 aromatic heterocycles. The first-order chi connectivity index (χ1) is 13.2. The van der Waals surface area contributed by atoms with Gasteiger partial charge in [-0.05, 0) is 38.7 Å². The number of nitrogens with zero attached hydrogens (tertiary/aromatic N) is 5. The number of likely N-dealkylation sites (tertiary alicyclic amines) is 1. The maximum absolute atomic E-state index is 12.8. The zero-order valence-corrected chi connectivity index (χ0v) is 16.3. The van der Waals surface area contributed by atoms with Crippen molar-refractivity contribution in [1.29, 1.82) is 5.26 Å². The van der Waals surface area contributed by atoms with Crippen molar-refractivity contribution in [2.75, 3.05) is 24.5 Å². The van der Waals surface area contributed by atoms with E-state index in [4.69, 9.17) is 0 Å². The summed E-state index contributed by atoms with van der Waals surface area (Å²) >= 11 is 1.69. The SMILES string of the molecule is Cc1cnc(-c2ccncc2N2CCC(C(=O)N3CCC[C@@H]3C#N)CC2)s1. The van der Waals surface area contributed by atoms with Crippen LogP contribution in [0.2, 0.25) is 0 Å². The Morgan fingerprint density at radius 2 is 2.07 bits per heavy atom. The van der Waals surface area contributed by atoms with Crippen molar-refractivity contribution >= 4 is 22.9 Å². The van der Waals surface area contributed by atoms with Crippen LogP contribution in [0.4, 0.5) is 5.69 Å². The second kappa shape index (κ2) is 7.65. The predicted molar refractivity (Wildman–Crippen MR) is 105 cm³/mol. The Balaban J connectivity index is 1.46. The lowest BCUT2D eigenvalue weighted by Crippen LogP contribution is -2.44. The molecule has 0 radical (unpaired) electrons. The maximum Gasteiger partial charge on any atom is 0.226 e. The van der Waals surface area contributed by atoms with Crippen LogP contribution in [-0.4, -0.2) is 46.5 Å². The number of aromatic nitrogens is 2. The molecule has 2 fully saturated rings. The number of amides is 1. The van der Waals surface area contributed by atoms with E-state index in [1.165, 1.54) is 4.88 Å². The van der Waals surface area contributed by atoms with Crippen LogP contribution in [0.15, 0.2) is 24.7 Å². The van der Waals surface area contributed by atoms with Gasteiger partial charge >= 0.3 is 0 Å². The summed E-state index contributed by atoms with van der Waals surface area (Å²) in [6.07, 6.45) is 9.00. The summed E-state index contributed by atoms with van der Waals surface area (Å²) in [5.41, 5.74) is 2.20. The molecule has 0 N–H and O–H groups in total. The fourth-order valence-electron chi connectivity index (χ4n) is 4.06. The standard InChI is InChI=1S/C20H23N5OS/c1-14-12-23-19(27-14)17-4-7-22-13-18(17)24-9-5-15(6-10-24)20(26)25-8-2-3-16(25)11-21/h4,7,12-13,15-16H,2-3,5-6,8-10H2,1H3/t16-/m1/s1. The minimum Gasteiger partial charge on any atom is -0.370 e. The van der Waals surface area contributed by atoms with Crippen LogP contribution in [-0.2, 0) is 4.79 Å². The number of carbonyl (C=O) groups is 1. The number of piperidine rings is 1. The van der Waals surface area contributed by atoms with Gasteiger partial charge in [0.1, 0.15) is 11.0 Å². The Morgan fingerprint density at radius 1 is 1.26 bits per heavy atom. The molecule has 1 amide bonds. The summed E-state index contributed by atoms with van der Waals surface area (Å²) < 4.78 is 0. The molecule has 6 nitrogen and oxygen atoms in total. The summed E-state index contributed by atoms with van der Waals surface area (Å²) in [6, 6.07) is 4.07. The molecule has 2 aliphatic heterocycles. The number of nitriles is 1. The minimum absolute atomic E-state index is 0.0254. The van der Waals surface area contributed by atoms with Crippen LogP contribution >= 0.6 is 11.3 Å². The molecule has 1 atom stereocenters. The zero-order chi connectivity index (χ0) is 18.8. The van der Waals surface area contributed by atoms with Crippen molar-refractivity contribution in [3.8, 4) is 16.6 Å². The highest BCUT2D eigenvalue weighted by molar-refractivity contribution is 7.15. The van der Waals surface area contributed by atoms with Crippen molar-refractivity contribution < 1.29 is 4.79 Å². The van der Waals surface area contributed by atoms with E-state index in [9.17, 15) is 10.1 Å². The van der Waals surface area contributed by atoms with Gasteiger partial charge in [0.05, 0.1) is 18.0 Å². The number of anilines is 1. The second-order valence-corrected chi connectivity index (χ2v) is 8.48. The van der Waals surface area contributed by atoms with Gasteiger partial charge in [-0.25, -0.2) is 4.98 Å². The first-order valence-electron chi connectivity index (χ1n) is 9.49. The lowest BCUT2D eigenvalue weighted by molar-refractivity contribution is -0.136. The van der Waals surface area contributed by atoms with Crippen LogP contribution in [0.1, 0.15) is 30.6 Å². The number of pyridine rings is 1. The molecule has 0 aromatic carbocycles. The van der Waals surface area contributed by atoms with Crippen LogP contribution in [0.25, 0.3) is 10.6 Å². The lowest BCUT2D eigenvalue weighted by atomic mass is 9.94. The smallest absolute Gasteiger partial charge is 0.226 e. The average Bonchev–Trinajstić information content (AvgIpc) is 3.36. The number of carbonyl (C=O) groups excluding carboxylic acids is 1. The molecule has 0 spiro atoms. The van der Waals surface area contributed by atoms with Gasteiger partial charge in [-0.2, -0.15) is 5.26 Å². The molecule has 0 saturated carbocycles. The van der Waals surface area contributed by atoms with Crippen molar-refractivity contribution in [2.24, 2.45) is 5.92 Å². The third kappa shape index (κ3) is 3.54. The molecule has 4 rings (SSSR count). The third-order valence-electron chi connectivity index (χ3n) is 5.52. The van der Waals surface area contributed by atoms with E-state index in [-0.39, 0.29) is 17.9 Å². The number of hydrogen-bond acceptors (Lipinski definition) is 6. The Bertz CT molecular complexity index is 865. The van der Waals surface area contributed by atoms with Crippen molar-refractivity contribution in [2.45, 2.75) is 38.6 Å². The van der Waals surface area contributed by atoms with E-state index in [0.717, 1.165) is 61.6 Å². The lowest BCUT2D eigenvalue weighted by Gasteiger charge is -2.35. The largest absolute Gasteiger partial charge is 0.370 e. The topological polar surface area (TPSA) is 73.1 Å². The summed E-state index contributed by atoms with van der Waals surface area (Å²) in [4.78, 5) is 27.0. The molecule has 0 unspecified atom stereocenters. The van der Waals surface area contributed by atoms with E-state index in [0.29, 0.717) is 0 Å². The number of rotatable bonds is 3. The molecule has 2 aliphatic rings. The Labute approximate surface area is 163 Å². The van der Waals surface area contributed by atoms with Gasteiger partial charge < -0.3 is 9.80 Å². The molecule has 0 aliphatic carbocycles. The maximum atomic E-state index is 12.8. The molecule has 2 saturated heterocycles. The summed E-state index contributed by atoms with van der Waals surface area (Å²) in [6.45, 7) is 4.44. The Morgan fingerprint density at radius 3 is 2.78 bits per heavy atom. The highest BCUT2D eigenvalue weighted by Gasteiger charge is 2.35. The molecule has 140 valence electrons. The number of thiazole rings is 1. The van der Waals surface area contributed by atoms with E-state index in [1.54, 1.807) is 22.4 Å². The normalized spacial score (nSPS) is 20.7. The first kappa shape index (κ1) is 17.9. The van der Waals surface area contributed by atoms with Gasteiger partial charge in [-0.1, -0.05) is 0 Å². The molecule has 4 heterocycles. The molecule has 2 aromatic rings. The first-order valence-corrected chi connectivity index (χ1v) is 10.3. The van der Waals surface area contributed by atoms with Crippen LogP contribution in [0.5, 0.6) is 0 Å². The fraction of sp³-hybridized carbons (Fsp3) is 0.500. The zero-order valence-electron chi connectivity index (χ0n) is 15.5. The minimum atomic E-state index is -0.228. The molecule has 27 heavy (non-hydrogen) atoms. The summed E-state index contributed by atoms with van der Waals surface area (Å²) in [7, 11) is 0. The molecular weight excluding hydrogens is 358 g/mol. The van der Waals surface area contributed by atoms with Gasteiger partial charge in [-0.15, -0.1) is 11.3 Å². The van der Waals surface area contributed by atoms with Crippen LogP contribution < -0.4 is 4.90 Å². The van der Waals surface area contributed by atoms with Crippen LogP contribution in [0, 0.1) is 24.2 Å². The average molecular weight is 382 g/mol. The predicted octanol–water partition coefficient (Wildman–Crippen LogP) is 3.24. The van der Waals surface area contributed by atoms with Crippen molar-refractivity contribution in [3.05, 3.63) is 29.5 Å². The van der Waals surface area contributed by atoms with Gasteiger partial charge in [0.15, 0.2) is 0 Å². The third-order valence-corrected chi connectivity index (χ3v) is 6.47. The number of aryl methyl sites for hydroxylation is 1. The van der Waals surface area contributed by atoms with E-state index < -0.39 is 0 Å². The second-order valence-electron chi connectivity index (χ2n) is 7.25. The van der Waals surface area contributed by atoms with Gasteiger partial charge in [-0.3, -0.25) is 9.78 Å². The molecule has 7 heteroatoms. The van der Waals surface area contributed by atoms with Gasteiger partial charge in [0, 0.05) is 48.4 Å². The Hall–Kier alpha value is -2.46. The Kier molecular flexibility index (Phi) is 5.08. The quantitative estimate of drug-likeness (QED) is 0.816. The van der Waals surface area contributed by atoms with E-state index in [1.807, 2.05) is 18.5 Å². The summed E-state index contributed by atoms with van der Waals surface area (Å²) in [5.74, 6) is 0.193. The number of hydrogen-bond donors (Lipinski definition) is 0. The van der Waals surface area contributed by atoms with Crippen LogP contribution in [0.3, 0.4) is 0 Å². The summed E-state index contributed by atoms with van der Waals surface area (Å²) in [5, 5.41) is 10.3. The van der Waals surface area contributed by atoms with E-state index >= 15 is 0 Å². The van der Waals surface area contributed by atoms with Gasteiger partial charge in [0.25, 0.3) is 0 Å². The highest BCUT2D eigenvalue weighted by Crippen LogP contribution is 2.35. The van der Waals surface area contributed by atoms with E-state index in [2.05, 4.69) is 27.9 Å². The van der Waals surface area contributed by atoms with Crippen molar-refractivity contribution in [1.82, 2.24) is 14.9 Å².